The van der Waals surface area contributed by atoms with Crippen LogP contribution in [0.25, 0.3) is 0 Å². The van der Waals surface area contributed by atoms with Gasteiger partial charge in [-0.1, -0.05) is 12.8 Å². The molecule has 2 aliphatic carbocycles. The van der Waals surface area contributed by atoms with Crippen LogP contribution in [-0.4, -0.2) is 42.0 Å². The van der Waals surface area contributed by atoms with Crippen molar-refractivity contribution in [2.45, 2.75) is 70.0 Å². The van der Waals surface area contributed by atoms with E-state index in [-0.39, 0.29) is 11.9 Å². The van der Waals surface area contributed by atoms with E-state index < -0.39 is 0 Å². The maximum absolute atomic E-state index is 12.3. The lowest BCUT2D eigenvalue weighted by atomic mass is 10.2. The summed E-state index contributed by atoms with van der Waals surface area (Å²) in [5.41, 5.74) is 5.58. The molecule has 0 aliphatic heterocycles. The second kappa shape index (κ2) is 6.53. The van der Waals surface area contributed by atoms with E-state index in [1.54, 1.807) is 0 Å². The number of amides is 1. The van der Waals surface area contributed by atoms with E-state index in [9.17, 15) is 4.79 Å². The predicted molar refractivity (Wildman–Crippen MR) is 73.3 cm³/mol. The zero-order valence-electron chi connectivity index (χ0n) is 11.5. The number of nitrogens with one attached hydrogen (secondary N) is 1. The number of hydrogen-bond acceptors (Lipinski definition) is 3. The summed E-state index contributed by atoms with van der Waals surface area (Å²) < 4.78 is 0. The highest BCUT2D eigenvalue weighted by Gasteiger charge is 2.35. The standard InChI is InChI=1S/C14H27N3O/c1-11(14(18)16-12-5-2-3-6-12)17(10-4-9-15)13-7-8-13/h11-13H,2-10,15H2,1H3,(H,16,18). The Morgan fingerprint density at radius 2 is 2.00 bits per heavy atom. The molecule has 18 heavy (non-hydrogen) atoms. The Morgan fingerprint density at radius 3 is 2.56 bits per heavy atom. The van der Waals surface area contributed by atoms with E-state index in [2.05, 4.69) is 10.2 Å². The molecule has 0 aromatic rings. The minimum Gasteiger partial charge on any atom is -0.352 e. The molecule has 4 heteroatoms. The Labute approximate surface area is 110 Å². The molecule has 2 rings (SSSR count). The van der Waals surface area contributed by atoms with Crippen LogP contribution in [-0.2, 0) is 4.79 Å². The zero-order valence-corrected chi connectivity index (χ0v) is 11.5. The van der Waals surface area contributed by atoms with Crippen LogP contribution < -0.4 is 11.1 Å². The fourth-order valence-electron chi connectivity index (χ4n) is 2.92. The first kappa shape index (κ1) is 13.8. The lowest BCUT2D eigenvalue weighted by Crippen LogP contribution is -2.49. The molecular weight excluding hydrogens is 226 g/mol. The summed E-state index contributed by atoms with van der Waals surface area (Å²) in [6.07, 6.45) is 8.31. The average molecular weight is 253 g/mol. The number of hydrogen-bond donors (Lipinski definition) is 2. The molecule has 0 spiro atoms. The van der Waals surface area contributed by atoms with Crippen molar-refractivity contribution in [3.05, 3.63) is 0 Å². The van der Waals surface area contributed by atoms with Crippen LogP contribution in [0.4, 0.5) is 0 Å². The van der Waals surface area contributed by atoms with Gasteiger partial charge in [0.2, 0.25) is 5.91 Å². The van der Waals surface area contributed by atoms with Crippen LogP contribution >= 0.6 is 0 Å². The molecular formula is C14H27N3O. The fraction of sp³-hybridized carbons (Fsp3) is 0.929. The van der Waals surface area contributed by atoms with Crippen molar-refractivity contribution in [2.75, 3.05) is 13.1 Å². The van der Waals surface area contributed by atoms with Gasteiger partial charge in [-0.2, -0.15) is 0 Å². The normalized spacial score (nSPS) is 22.4. The van der Waals surface area contributed by atoms with Gasteiger partial charge >= 0.3 is 0 Å². The van der Waals surface area contributed by atoms with E-state index in [0.29, 0.717) is 18.6 Å². The van der Waals surface area contributed by atoms with Crippen LogP contribution in [0.3, 0.4) is 0 Å². The molecule has 4 nitrogen and oxygen atoms in total. The molecule has 0 saturated heterocycles. The maximum atomic E-state index is 12.3. The minimum absolute atomic E-state index is 0.00431. The van der Waals surface area contributed by atoms with Gasteiger partial charge < -0.3 is 11.1 Å². The summed E-state index contributed by atoms with van der Waals surface area (Å²) >= 11 is 0. The second-order valence-corrected chi connectivity index (χ2v) is 5.78. The van der Waals surface area contributed by atoms with Gasteiger partial charge in [0.1, 0.15) is 0 Å². The maximum Gasteiger partial charge on any atom is 0.237 e. The third-order valence-electron chi connectivity index (χ3n) is 4.21. The lowest BCUT2D eigenvalue weighted by molar-refractivity contribution is -0.126. The van der Waals surface area contributed by atoms with Crippen LogP contribution in [0.15, 0.2) is 0 Å². The molecule has 2 aliphatic rings. The lowest BCUT2D eigenvalue weighted by Gasteiger charge is -2.29. The molecule has 2 fully saturated rings. The van der Waals surface area contributed by atoms with Crippen molar-refractivity contribution in [3.63, 3.8) is 0 Å². The molecule has 0 heterocycles. The third-order valence-corrected chi connectivity index (χ3v) is 4.21. The van der Waals surface area contributed by atoms with Crippen LogP contribution in [0.2, 0.25) is 0 Å². The zero-order chi connectivity index (χ0) is 13.0. The summed E-state index contributed by atoms with van der Waals surface area (Å²) in [7, 11) is 0. The molecule has 1 unspecified atom stereocenters. The Balaban J connectivity index is 1.81. The van der Waals surface area contributed by atoms with Gasteiger partial charge in [-0.05, 0) is 45.6 Å². The van der Waals surface area contributed by atoms with Gasteiger partial charge in [0.15, 0.2) is 0 Å². The van der Waals surface area contributed by atoms with E-state index in [4.69, 9.17) is 5.73 Å². The van der Waals surface area contributed by atoms with E-state index >= 15 is 0 Å². The quantitative estimate of drug-likeness (QED) is 0.718. The summed E-state index contributed by atoms with van der Waals surface area (Å²) in [4.78, 5) is 14.6. The molecule has 0 radical (unpaired) electrons. The number of carbonyl (C=O) groups is 1. The third kappa shape index (κ3) is 3.69. The van der Waals surface area contributed by atoms with E-state index in [1.165, 1.54) is 25.7 Å². The minimum atomic E-state index is 0.00431. The Hall–Kier alpha value is -0.610. The highest BCUT2D eigenvalue weighted by molar-refractivity contribution is 5.81. The summed E-state index contributed by atoms with van der Waals surface area (Å²) in [5, 5.41) is 3.21. The highest BCUT2D eigenvalue weighted by atomic mass is 16.2. The van der Waals surface area contributed by atoms with Crippen molar-refractivity contribution in [1.29, 1.82) is 0 Å². The first-order chi connectivity index (χ1) is 8.72. The predicted octanol–water partition coefficient (Wildman–Crippen LogP) is 1.25. The average Bonchev–Trinajstić information content (AvgIpc) is 3.07. The van der Waals surface area contributed by atoms with Crippen LogP contribution in [0, 0.1) is 0 Å². The molecule has 3 N–H and O–H groups in total. The topological polar surface area (TPSA) is 58.4 Å². The van der Waals surface area contributed by atoms with Gasteiger partial charge in [-0.25, -0.2) is 0 Å². The van der Waals surface area contributed by atoms with Gasteiger partial charge in [-0.3, -0.25) is 9.69 Å². The summed E-state index contributed by atoms with van der Waals surface area (Å²) in [5.74, 6) is 0.214. The number of carbonyl (C=O) groups excluding carboxylic acids is 1. The number of nitrogens with two attached hydrogens (primary N) is 1. The first-order valence-corrected chi connectivity index (χ1v) is 7.48. The second-order valence-electron chi connectivity index (χ2n) is 5.78. The van der Waals surface area contributed by atoms with Gasteiger partial charge in [0, 0.05) is 18.6 Å². The van der Waals surface area contributed by atoms with Crippen molar-refractivity contribution >= 4 is 5.91 Å². The molecule has 0 aromatic heterocycles. The molecule has 0 aromatic carbocycles. The van der Waals surface area contributed by atoms with Crippen molar-refractivity contribution < 1.29 is 4.79 Å². The number of nitrogens with zero attached hydrogens (tertiary/aromatic N) is 1. The molecule has 1 amide bonds. The highest BCUT2D eigenvalue weighted by Crippen LogP contribution is 2.29. The van der Waals surface area contributed by atoms with Crippen LogP contribution in [0.5, 0.6) is 0 Å². The Morgan fingerprint density at radius 1 is 1.33 bits per heavy atom. The molecule has 2 saturated carbocycles. The van der Waals surface area contributed by atoms with Gasteiger partial charge in [0.25, 0.3) is 0 Å². The molecule has 1 atom stereocenters. The largest absolute Gasteiger partial charge is 0.352 e. The summed E-state index contributed by atoms with van der Waals surface area (Å²) in [6.45, 7) is 3.71. The Bertz CT molecular complexity index is 272. The van der Waals surface area contributed by atoms with E-state index in [1.807, 2.05) is 6.92 Å². The first-order valence-electron chi connectivity index (χ1n) is 7.48. The van der Waals surface area contributed by atoms with Crippen LogP contribution in [0.1, 0.15) is 51.9 Å². The molecule has 104 valence electrons. The summed E-state index contributed by atoms with van der Waals surface area (Å²) in [6, 6.07) is 1.06. The van der Waals surface area contributed by atoms with Crippen molar-refractivity contribution in [2.24, 2.45) is 5.73 Å². The number of rotatable bonds is 7. The SMILES string of the molecule is CC(C(=O)NC1CCCC1)N(CCCN)C1CC1. The van der Waals surface area contributed by atoms with Gasteiger partial charge in [-0.15, -0.1) is 0 Å². The van der Waals surface area contributed by atoms with E-state index in [0.717, 1.165) is 25.8 Å². The molecule has 0 bridgehead atoms. The monoisotopic (exact) mass is 253 g/mol. The smallest absolute Gasteiger partial charge is 0.237 e. The fourth-order valence-corrected chi connectivity index (χ4v) is 2.92. The Kier molecular flexibility index (Phi) is 5.01. The van der Waals surface area contributed by atoms with Crippen molar-refractivity contribution in [3.8, 4) is 0 Å². The van der Waals surface area contributed by atoms with Gasteiger partial charge in [0.05, 0.1) is 6.04 Å². The van der Waals surface area contributed by atoms with Crippen molar-refractivity contribution in [1.82, 2.24) is 10.2 Å².